The first kappa shape index (κ1) is 44.9. The summed E-state index contributed by atoms with van der Waals surface area (Å²) in [4.78, 5) is 14.7. The van der Waals surface area contributed by atoms with E-state index >= 15 is 0 Å². The lowest BCUT2D eigenvalue weighted by molar-refractivity contribution is -0.150. The van der Waals surface area contributed by atoms with Gasteiger partial charge in [-0.2, -0.15) is 0 Å². The molecule has 3 nitrogen and oxygen atoms in total. The van der Waals surface area contributed by atoms with Crippen LogP contribution >= 0.6 is 0 Å². The lowest BCUT2D eigenvalue weighted by Gasteiger charge is -2.18. The van der Waals surface area contributed by atoms with Crippen LogP contribution in [0.25, 0.3) is 0 Å². The molecule has 0 atom stereocenters. The highest BCUT2D eigenvalue weighted by atomic mass is 16.5. The molecule has 0 aliphatic heterocycles. The van der Waals surface area contributed by atoms with Crippen molar-refractivity contribution in [2.24, 2.45) is 0 Å². The molecule has 0 aromatic rings. The Hall–Kier alpha value is -1.09. The summed E-state index contributed by atoms with van der Waals surface area (Å²) in [6, 6.07) is 0. The van der Waals surface area contributed by atoms with E-state index in [1.54, 1.807) is 0 Å². The second kappa shape index (κ2) is 38.4. The summed E-state index contributed by atoms with van der Waals surface area (Å²) in [6.45, 7) is 5.52. The molecule has 0 fully saturated rings. The molecule has 0 heterocycles. The van der Waals surface area contributed by atoms with Gasteiger partial charge in [0.25, 0.3) is 0 Å². The first-order valence-electron chi connectivity index (χ1n) is 20.7. The minimum atomic E-state index is 0.0148. The van der Waals surface area contributed by atoms with Gasteiger partial charge in [0.15, 0.2) is 0 Å². The number of carbonyl (C=O) groups excluding carboxylic acids is 1. The van der Waals surface area contributed by atoms with Gasteiger partial charge >= 0.3 is 5.97 Å². The quantitative estimate of drug-likeness (QED) is 0.0382. The maximum atomic E-state index is 12.5. The number of allylic oxidation sites excluding steroid dienone is 4. The molecule has 0 radical (unpaired) electrons. The van der Waals surface area contributed by atoms with Crippen LogP contribution in [0.3, 0.4) is 0 Å². The Labute approximate surface area is 290 Å². The number of carbonyl (C=O) groups is 1. The number of ether oxygens (including phenoxy) is 1. The molecule has 272 valence electrons. The largest absolute Gasteiger partial charge is 0.462 e. The molecule has 0 unspecified atom stereocenters. The van der Waals surface area contributed by atoms with E-state index in [0.717, 1.165) is 25.8 Å². The molecule has 0 aliphatic carbocycles. The molecular weight excluding hydrogens is 562 g/mol. The third-order valence-corrected chi connectivity index (χ3v) is 9.36. The molecule has 0 rings (SSSR count). The fourth-order valence-corrected chi connectivity index (χ4v) is 6.29. The van der Waals surface area contributed by atoms with Crippen molar-refractivity contribution in [2.75, 3.05) is 20.6 Å². The van der Waals surface area contributed by atoms with Crippen LogP contribution in [0.1, 0.15) is 219 Å². The molecule has 46 heavy (non-hydrogen) atoms. The first-order chi connectivity index (χ1) is 22.6. The highest BCUT2D eigenvalue weighted by molar-refractivity contribution is 5.69. The van der Waals surface area contributed by atoms with Gasteiger partial charge in [-0.25, -0.2) is 0 Å². The van der Waals surface area contributed by atoms with Crippen molar-refractivity contribution < 1.29 is 9.53 Å². The second-order valence-electron chi connectivity index (χ2n) is 14.5. The summed E-state index contributed by atoms with van der Waals surface area (Å²) >= 11 is 0. The summed E-state index contributed by atoms with van der Waals surface area (Å²) in [6.07, 6.45) is 50.7. The predicted molar refractivity (Wildman–Crippen MR) is 206 cm³/mol. The van der Waals surface area contributed by atoms with E-state index in [-0.39, 0.29) is 12.1 Å². The minimum absolute atomic E-state index is 0.0148. The number of hydrogen-bond donors (Lipinski definition) is 0. The van der Waals surface area contributed by atoms with Crippen molar-refractivity contribution in [2.45, 2.75) is 225 Å². The van der Waals surface area contributed by atoms with Crippen molar-refractivity contribution in [1.82, 2.24) is 4.90 Å². The van der Waals surface area contributed by atoms with E-state index in [1.807, 2.05) is 0 Å². The molecular formula is C43H83NO2. The smallest absolute Gasteiger partial charge is 0.306 e. The molecule has 0 bridgehead atoms. The van der Waals surface area contributed by atoms with Crippen molar-refractivity contribution in [3.05, 3.63) is 24.3 Å². The van der Waals surface area contributed by atoms with Gasteiger partial charge in [-0.05, 0) is 104 Å². The Balaban J connectivity index is 3.95. The van der Waals surface area contributed by atoms with Gasteiger partial charge in [0, 0.05) is 6.42 Å². The molecule has 0 amide bonds. The van der Waals surface area contributed by atoms with Crippen molar-refractivity contribution in [3.63, 3.8) is 0 Å². The average Bonchev–Trinajstić information content (AvgIpc) is 3.04. The monoisotopic (exact) mass is 646 g/mol. The lowest BCUT2D eigenvalue weighted by Crippen LogP contribution is -2.20. The molecule has 0 aromatic heterocycles. The van der Waals surface area contributed by atoms with Gasteiger partial charge in [-0.1, -0.05) is 154 Å². The SMILES string of the molecule is CCCCCCCC/C=C\CCCCCCCCC(CCCCCCCC/C=C\CCCCCCCC)OC(=O)CCCN(C)C. The third-order valence-electron chi connectivity index (χ3n) is 9.36. The second-order valence-corrected chi connectivity index (χ2v) is 14.5. The van der Waals surface area contributed by atoms with E-state index in [2.05, 4.69) is 57.1 Å². The summed E-state index contributed by atoms with van der Waals surface area (Å²) in [7, 11) is 4.13. The van der Waals surface area contributed by atoms with E-state index < -0.39 is 0 Å². The summed E-state index contributed by atoms with van der Waals surface area (Å²) < 4.78 is 6.01. The van der Waals surface area contributed by atoms with Crippen LogP contribution in [0, 0.1) is 0 Å². The summed E-state index contributed by atoms with van der Waals surface area (Å²) in [5.74, 6) is 0.0148. The van der Waals surface area contributed by atoms with Crippen LogP contribution in [0.15, 0.2) is 24.3 Å². The molecule has 0 saturated carbocycles. The summed E-state index contributed by atoms with van der Waals surface area (Å²) in [5.41, 5.74) is 0. The Kier molecular flexibility index (Phi) is 37.4. The molecule has 0 N–H and O–H groups in total. The number of hydrogen-bond acceptors (Lipinski definition) is 3. The van der Waals surface area contributed by atoms with E-state index in [0.29, 0.717) is 6.42 Å². The van der Waals surface area contributed by atoms with Gasteiger partial charge in [0.05, 0.1) is 0 Å². The maximum Gasteiger partial charge on any atom is 0.306 e. The van der Waals surface area contributed by atoms with Crippen molar-refractivity contribution >= 4 is 5.97 Å². The first-order valence-corrected chi connectivity index (χ1v) is 20.7. The maximum absolute atomic E-state index is 12.5. The molecule has 0 saturated heterocycles. The summed E-state index contributed by atoms with van der Waals surface area (Å²) in [5, 5.41) is 0. The van der Waals surface area contributed by atoms with Crippen molar-refractivity contribution in [1.29, 1.82) is 0 Å². The topological polar surface area (TPSA) is 29.5 Å². The van der Waals surface area contributed by atoms with Crippen LogP contribution < -0.4 is 0 Å². The van der Waals surface area contributed by atoms with E-state index in [4.69, 9.17) is 4.74 Å². The number of rotatable bonds is 37. The normalized spacial score (nSPS) is 12.0. The Morgan fingerprint density at radius 3 is 1.15 bits per heavy atom. The third kappa shape index (κ3) is 37.4. The minimum Gasteiger partial charge on any atom is -0.462 e. The van der Waals surface area contributed by atoms with Crippen molar-refractivity contribution in [3.8, 4) is 0 Å². The van der Waals surface area contributed by atoms with Crippen LogP contribution in [0.2, 0.25) is 0 Å². The molecule has 0 aromatic carbocycles. The van der Waals surface area contributed by atoms with Gasteiger partial charge in [-0.3, -0.25) is 4.79 Å². The van der Waals surface area contributed by atoms with Crippen LogP contribution in [0.5, 0.6) is 0 Å². The van der Waals surface area contributed by atoms with E-state index in [1.165, 1.54) is 180 Å². The predicted octanol–water partition coefficient (Wildman–Crippen LogP) is 14.1. The standard InChI is InChI=1S/C43H83NO2/c1-5-7-9-11-13-15-17-19-21-23-25-27-29-31-33-35-38-42(46-43(45)40-37-41-44(3)4)39-36-34-32-30-28-26-24-22-20-18-16-14-12-10-8-6-2/h19-22,42H,5-18,23-41H2,1-4H3/b21-19-,22-20-. The zero-order valence-corrected chi connectivity index (χ0v) is 32.0. The molecule has 0 spiro atoms. The van der Waals surface area contributed by atoms with E-state index in [9.17, 15) is 4.79 Å². The Bertz CT molecular complexity index is 613. The highest BCUT2D eigenvalue weighted by Gasteiger charge is 2.14. The van der Waals surface area contributed by atoms with Crippen LogP contribution in [0.4, 0.5) is 0 Å². The molecule has 3 heteroatoms. The highest BCUT2D eigenvalue weighted by Crippen LogP contribution is 2.18. The Morgan fingerprint density at radius 1 is 0.478 bits per heavy atom. The van der Waals surface area contributed by atoms with Crippen LogP contribution in [-0.4, -0.2) is 37.6 Å². The molecule has 0 aliphatic rings. The zero-order chi connectivity index (χ0) is 33.6. The average molecular weight is 646 g/mol. The number of nitrogens with zero attached hydrogens (tertiary/aromatic N) is 1. The van der Waals surface area contributed by atoms with Gasteiger partial charge in [0.1, 0.15) is 6.10 Å². The number of unbranched alkanes of at least 4 members (excludes halogenated alkanes) is 24. The van der Waals surface area contributed by atoms with Gasteiger partial charge in [0.2, 0.25) is 0 Å². The van der Waals surface area contributed by atoms with Gasteiger partial charge in [-0.15, -0.1) is 0 Å². The lowest BCUT2D eigenvalue weighted by atomic mass is 10.0. The van der Waals surface area contributed by atoms with Gasteiger partial charge < -0.3 is 9.64 Å². The fraction of sp³-hybridized carbons (Fsp3) is 0.884. The van der Waals surface area contributed by atoms with Crippen LogP contribution in [-0.2, 0) is 9.53 Å². The Morgan fingerprint density at radius 2 is 0.804 bits per heavy atom. The zero-order valence-electron chi connectivity index (χ0n) is 32.0. The number of esters is 1. The fourth-order valence-electron chi connectivity index (χ4n) is 6.29.